The average molecular weight is 292 g/mol. The van der Waals surface area contributed by atoms with Crippen LogP contribution < -0.4 is 10.1 Å². The van der Waals surface area contributed by atoms with Crippen molar-refractivity contribution in [2.45, 2.75) is 12.8 Å². The van der Waals surface area contributed by atoms with Crippen LogP contribution in [-0.4, -0.2) is 29.5 Å². The van der Waals surface area contributed by atoms with E-state index in [-0.39, 0.29) is 0 Å². The summed E-state index contributed by atoms with van der Waals surface area (Å²) in [6.45, 7) is 2.93. The van der Waals surface area contributed by atoms with Gasteiger partial charge in [-0.1, -0.05) is 11.6 Å². The first-order valence-electron chi connectivity index (χ1n) is 6.95. The molecular weight excluding hydrogens is 274 g/mol. The second kappa shape index (κ2) is 6.29. The zero-order valence-electron chi connectivity index (χ0n) is 11.3. The van der Waals surface area contributed by atoms with Crippen LogP contribution in [0.4, 0.5) is 0 Å². The molecule has 0 saturated carbocycles. The molecule has 5 heteroatoms. The number of nitrogens with zero attached hydrogens (tertiary/aromatic N) is 2. The Balaban J connectivity index is 1.60. The van der Waals surface area contributed by atoms with E-state index in [0.717, 1.165) is 36.2 Å². The topological polar surface area (TPSA) is 39.1 Å². The summed E-state index contributed by atoms with van der Waals surface area (Å²) in [5.74, 6) is 1.41. The maximum Gasteiger partial charge on any atom is 0.157 e. The van der Waals surface area contributed by atoms with Gasteiger partial charge in [0.25, 0.3) is 0 Å². The van der Waals surface area contributed by atoms with Gasteiger partial charge in [0.15, 0.2) is 5.75 Å². The van der Waals surface area contributed by atoms with Gasteiger partial charge in [0.2, 0.25) is 0 Å². The highest BCUT2D eigenvalue weighted by atomic mass is 35.5. The molecule has 0 aliphatic carbocycles. The van der Waals surface area contributed by atoms with E-state index in [1.807, 2.05) is 30.5 Å². The molecule has 0 amide bonds. The average Bonchev–Trinajstić information content (AvgIpc) is 2.96. The molecule has 2 aromatic rings. The first kappa shape index (κ1) is 13.5. The lowest BCUT2D eigenvalue weighted by Crippen LogP contribution is -2.32. The van der Waals surface area contributed by atoms with Gasteiger partial charge in [-0.05, 0) is 43.7 Å². The SMILES string of the molecule is Clc1ccc(-n2cc(OCC3CCCNC3)cn2)cc1. The molecule has 1 aliphatic heterocycles. The van der Waals surface area contributed by atoms with Crippen LogP contribution in [0.2, 0.25) is 5.02 Å². The fourth-order valence-corrected chi connectivity index (χ4v) is 2.52. The van der Waals surface area contributed by atoms with E-state index in [0.29, 0.717) is 5.92 Å². The monoisotopic (exact) mass is 291 g/mol. The van der Waals surface area contributed by atoms with Crippen molar-refractivity contribution in [3.05, 3.63) is 41.7 Å². The van der Waals surface area contributed by atoms with Crippen LogP contribution in [0.5, 0.6) is 5.75 Å². The zero-order valence-corrected chi connectivity index (χ0v) is 12.0. The predicted octanol–water partition coefficient (Wildman–Crippen LogP) is 2.90. The lowest BCUT2D eigenvalue weighted by atomic mass is 10.0. The van der Waals surface area contributed by atoms with E-state index in [1.165, 1.54) is 12.8 Å². The van der Waals surface area contributed by atoms with Crippen molar-refractivity contribution in [1.82, 2.24) is 15.1 Å². The van der Waals surface area contributed by atoms with Crippen molar-refractivity contribution in [2.24, 2.45) is 5.92 Å². The Labute approximate surface area is 123 Å². The maximum absolute atomic E-state index is 5.88. The second-order valence-corrected chi connectivity index (χ2v) is 5.56. The molecule has 1 saturated heterocycles. The molecule has 3 rings (SSSR count). The van der Waals surface area contributed by atoms with Gasteiger partial charge in [0, 0.05) is 17.5 Å². The molecular formula is C15H18ClN3O. The maximum atomic E-state index is 5.88. The van der Waals surface area contributed by atoms with Gasteiger partial charge < -0.3 is 10.1 Å². The third-order valence-corrected chi connectivity index (χ3v) is 3.79. The Morgan fingerprint density at radius 1 is 1.35 bits per heavy atom. The number of hydrogen-bond acceptors (Lipinski definition) is 3. The molecule has 20 heavy (non-hydrogen) atoms. The first-order chi connectivity index (χ1) is 9.81. The standard InChI is InChI=1S/C15H18ClN3O/c16-13-3-5-14(6-4-13)19-10-15(9-18-19)20-11-12-2-1-7-17-8-12/h3-6,9-10,12,17H,1-2,7-8,11H2. The van der Waals surface area contributed by atoms with E-state index in [9.17, 15) is 0 Å². The lowest BCUT2D eigenvalue weighted by molar-refractivity contribution is 0.218. The van der Waals surface area contributed by atoms with E-state index in [1.54, 1.807) is 10.9 Å². The second-order valence-electron chi connectivity index (χ2n) is 5.12. The lowest BCUT2D eigenvalue weighted by Gasteiger charge is -2.22. The number of hydrogen-bond donors (Lipinski definition) is 1. The largest absolute Gasteiger partial charge is 0.490 e. The van der Waals surface area contributed by atoms with Crippen LogP contribution in [0.15, 0.2) is 36.7 Å². The minimum absolute atomic E-state index is 0.600. The smallest absolute Gasteiger partial charge is 0.157 e. The Morgan fingerprint density at radius 3 is 2.95 bits per heavy atom. The molecule has 1 aromatic carbocycles. The predicted molar refractivity (Wildman–Crippen MR) is 79.7 cm³/mol. The van der Waals surface area contributed by atoms with Crippen molar-refractivity contribution >= 4 is 11.6 Å². The van der Waals surface area contributed by atoms with Crippen molar-refractivity contribution in [3.63, 3.8) is 0 Å². The van der Waals surface area contributed by atoms with Crippen molar-refractivity contribution in [2.75, 3.05) is 19.7 Å². The Morgan fingerprint density at radius 2 is 2.20 bits per heavy atom. The molecule has 4 nitrogen and oxygen atoms in total. The minimum atomic E-state index is 0.600. The molecule has 106 valence electrons. The molecule has 0 bridgehead atoms. The Kier molecular flexibility index (Phi) is 4.23. The number of halogens is 1. The summed E-state index contributed by atoms with van der Waals surface area (Å²) in [5, 5.41) is 8.43. The summed E-state index contributed by atoms with van der Waals surface area (Å²) in [7, 11) is 0. The number of aromatic nitrogens is 2. The molecule has 0 radical (unpaired) electrons. The van der Waals surface area contributed by atoms with Gasteiger partial charge in [-0.15, -0.1) is 0 Å². The summed E-state index contributed by atoms with van der Waals surface area (Å²) in [5.41, 5.74) is 0.976. The summed E-state index contributed by atoms with van der Waals surface area (Å²) >= 11 is 5.88. The van der Waals surface area contributed by atoms with Crippen LogP contribution in [0.25, 0.3) is 5.69 Å². The van der Waals surface area contributed by atoms with E-state index < -0.39 is 0 Å². The van der Waals surface area contributed by atoms with Gasteiger partial charge >= 0.3 is 0 Å². The van der Waals surface area contributed by atoms with Crippen LogP contribution in [0.1, 0.15) is 12.8 Å². The van der Waals surface area contributed by atoms with Crippen LogP contribution >= 0.6 is 11.6 Å². The highest BCUT2D eigenvalue weighted by Crippen LogP contribution is 2.18. The van der Waals surface area contributed by atoms with Gasteiger partial charge in [-0.2, -0.15) is 5.10 Å². The summed E-state index contributed by atoms with van der Waals surface area (Å²) in [6.07, 6.45) is 6.13. The fourth-order valence-electron chi connectivity index (χ4n) is 2.40. The summed E-state index contributed by atoms with van der Waals surface area (Å²) in [6, 6.07) is 7.58. The fraction of sp³-hybridized carbons (Fsp3) is 0.400. The third kappa shape index (κ3) is 3.32. The number of benzene rings is 1. The number of nitrogens with one attached hydrogen (secondary N) is 1. The highest BCUT2D eigenvalue weighted by molar-refractivity contribution is 6.30. The minimum Gasteiger partial charge on any atom is -0.490 e. The van der Waals surface area contributed by atoms with Gasteiger partial charge in [-0.3, -0.25) is 0 Å². The molecule has 1 aliphatic rings. The summed E-state index contributed by atoms with van der Waals surface area (Å²) < 4.78 is 7.62. The Hall–Kier alpha value is -1.52. The molecule has 0 spiro atoms. The quantitative estimate of drug-likeness (QED) is 0.941. The van der Waals surface area contributed by atoms with Gasteiger partial charge in [0.05, 0.1) is 24.7 Å². The summed E-state index contributed by atoms with van der Waals surface area (Å²) in [4.78, 5) is 0. The van der Waals surface area contributed by atoms with Gasteiger partial charge in [0.1, 0.15) is 0 Å². The first-order valence-corrected chi connectivity index (χ1v) is 7.33. The Bertz CT molecular complexity index is 547. The highest BCUT2D eigenvalue weighted by Gasteiger charge is 2.14. The molecule has 2 heterocycles. The zero-order chi connectivity index (χ0) is 13.8. The third-order valence-electron chi connectivity index (χ3n) is 3.53. The van der Waals surface area contributed by atoms with E-state index in [2.05, 4.69) is 10.4 Å². The normalized spacial score (nSPS) is 18.9. The molecule has 1 fully saturated rings. The van der Waals surface area contributed by atoms with Crippen LogP contribution in [0.3, 0.4) is 0 Å². The van der Waals surface area contributed by atoms with E-state index in [4.69, 9.17) is 16.3 Å². The molecule has 1 N–H and O–H groups in total. The number of rotatable bonds is 4. The number of piperidine rings is 1. The molecule has 1 aromatic heterocycles. The number of ether oxygens (including phenoxy) is 1. The van der Waals surface area contributed by atoms with Gasteiger partial charge in [-0.25, -0.2) is 4.68 Å². The van der Waals surface area contributed by atoms with E-state index >= 15 is 0 Å². The van der Waals surface area contributed by atoms with Crippen LogP contribution in [0, 0.1) is 5.92 Å². The molecule has 1 atom stereocenters. The molecule has 1 unspecified atom stereocenters. The van der Waals surface area contributed by atoms with Crippen LogP contribution in [-0.2, 0) is 0 Å². The van der Waals surface area contributed by atoms with Crippen molar-refractivity contribution in [3.8, 4) is 11.4 Å². The van der Waals surface area contributed by atoms with Crippen molar-refractivity contribution in [1.29, 1.82) is 0 Å². The van der Waals surface area contributed by atoms with Crippen molar-refractivity contribution < 1.29 is 4.74 Å².